The molecule has 0 aliphatic rings. The minimum absolute atomic E-state index is 0.0310. The topological polar surface area (TPSA) is 67.4 Å². The van der Waals surface area contributed by atoms with Gasteiger partial charge in [0.15, 0.2) is 0 Å². The van der Waals surface area contributed by atoms with Crippen molar-refractivity contribution < 1.29 is 13.2 Å². The standard InChI is InChI=1S/C13H20Cl2N2O3S/c1-9(8-20-3)6-17-21(18,19)12-5-4-11(14)10(7-16-2)13(12)15/h4-5,9,16-17H,6-8H2,1-3H3. The van der Waals surface area contributed by atoms with Gasteiger partial charge in [-0.15, -0.1) is 0 Å². The van der Waals surface area contributed by atoms with Crippen molar-refractivity contribution in [3.63, 3.8) is 0 Å². The van der Waals surface area contributed by atoms with E-state index in [2.05, 4.69) is 10.0 Å². The lowest BCUT2D eigenvalue weighted by molar-refractivity contribution is 0.161. The zero-order valence-electron chi connectivity index (χ0n) is 12.2. The van der Waals surface area contributed by atoms with Gasteiger partial charge in [0.1, 0.15) is 4.90 Å². The van der Waals surface area contributed by atoms with Crippen LogP contribution in [0.4, 0.5) is 0 Å². The first kappa shape index (κ1) is 18.7. The van der Waals surface area contributed by atoms with Crippen LogP contribution in [-0.2, 0) is 21.3 Å². The summed E-state index contributed by atoms with van der Waals surface area (Å²) in [4.78, 5) is 0.0310. The summed E-state index contributed by atoms with van der Waals surface area (Å²) >= 11 is 12.2. The van der Waals surface area contributed by atoms with Crippen LogP contribution < -0.4 is 10.0 Å². The van der Waals surface area contributed by atoms with E-state index in [9.17, 15) is 8.42 Å². The van der Waals surface area contributed by atoms with Gasteiger partial charge < -0.3 is 10.1 Å². The molecular weight excluding hydrogens is 335 g/mol. The molecular formula is C13H20Cl2N2O3S. The summed E-state index contributed by atoms with van der Waals surface area (Å²) in [5.41, 5.74) is 0.564. The summed E-state index contributed by atoms with van der Waals surface area (Å²) in [7, 11) is -0.377. The molecule has 0 saturated heterocycles. The Kier molecular flexibility index (Phi) is 7.39. The summed E-state index contributed by atoms with van der Waals surface area (Å²) < 4.78 is 32.2. The van der Waals surface area contributed by atoms with Gasteiger partial charge in [-0.2, -0.15) is 0 Å². The van der Waals surface area contributed by atoms with Crippen molar-refractivity contribution in [3.8, 4) is 0 Å². The van der Waals surface area contributed by atoms with Crippen LogP contribution in [0.5, 0.6) is 0 Å². The van der Waals surface area contributed by atoms with Crippen molar-refractivity contribution in [2.75, 3.05) is 27.3 Å². The van der Waals surface area contributed by atoms with Crippen LogP contribution in [0.3, 0.4) is 0 Å². The number of hydrogen-bond donors (Lipinski definition) is 2. The van der Waals surface area contributed by atoms with Gasteiger partial charge >= 0.3 is 0 Å². The molecule has 0 radical (unpaired) electrons. The largest absolute Gasteiger partial charge is 0.384 e. The lowest BCUT2D eigenvalue weighted by atomic mass is 10.2. The molecule has 1 aromatic carbocycles. The smallest absolute Gasteiger partial charge is 0.242 e. The average Bonchev–Trinajstić information content (AvgIpc) is 2.41. The first-order valence-electron chi connectivity index (χ1n) is 6.43. The Balaban J connectivity index is 3.01. The van der Waals surface area contributed by atoms with E-state index in [1.807, 2.05) is 6.92 Å². The molecule has 1 aromatic rings. The van der Waals surface area contributed by atoms with Crippen LogP contribution in [0.15, 0.2) is 17.0 Å². The van der Waals surface area contributed by atoms with Gasteiger partial charge in [0.05, 0.1) is 5.02 Å². The van der Waals surface area contributed by atoms with Crippen LogP contribution in [0.2, 0.25) is 10.0 Å². The normalized spacial score (nSPS) is 13.4. The molecule has 5 nitrogen and oxygen atoms in total. The second-order valence-electron chi connectivity index (χ2n) is 4.78. The van der Waals surface area contributed by atoms with Gasteiger partial charge in [0.2, 0.25) is 10.0 Å². The molecule has 0 bridgehead atoms. The molecule has 0 amide bonds. The fraction of sp³-hybridized carbons (Fsp3) is 0.538. The van der Waals surface area contributed by atoms with Crippen molar-refractivity contribution in [1.82, 2.24) is 10.0 Å². The second kappa shape index (κ2) is 8.31. The number of hydrogen-bond acceptors (Lipinski definition) is 4. The van der Waals surface area contributed by atoms with E-state index < -0.39 is 10.0 Å². The molecule has 0 spiro atoms. The van der Waals surface area contributed by atoms with Crippen LogP contribution in [0.25, 0.3) is 0 Å². The Hall–Kier alpha value is -0.370. The Bertz CT molecular complexity index is 579. The van der Waals surface area contributed by atoms with E-state index in [-0.39, 0.29) is 22.4 Å². The minimum Gasteiger partial charge on any atom is -0.384 e. The van der Waals surface area contributed by atoms with E-state index in [0.29, 0.717) is 23.7 Å². The average molecular weight is 355 g/mol. The molecule has 0 aromatic heterocycles. The van der Waals surface area contributed by atoms with Gasteiger partial charge in [0.25, 0.3) is 0 Å². The fourth-order valence-corrected chi connectivity index (χ4v) is 3.87. The molecule has 0 heterocycles. The molecule has 2 N–H and O–H groups in total. The van der Waals surface area contributed by atoms with Crippen LogP contribution in [-0.4, -0.2) is 35.7 Å². The zero-order chi connectivity index (χ0) is 16.0. The Morgan fingerprint density at radius 2 is 2.00 bits per heavy atom. The van der Waals surface area contributed by atoms with Crippen molar-refractivity contribution in [3.05, 3.63) is 27.7 Å². The highest BCUT2D eigenvalue weighted by Gasteiger charge is 2.21. The summed E-state index contributed by atoms with van der Waals surface area (Å²) in [6, 6.07) is 2.94. The number of nitrogens with one attached hydrogen (secondary N) is 2. The molecule has 120 valence electrons. The van der Waals surface area contributed by atoms with Crippen molar-refractivity contribution in [2.45, 2.75) is 18.4 Å². The highest BCUT2D eigenvalue weighted by Crippen LogP contribution is 2.30. The van der Waals surface area contributed by atoms with Crippen LogP contribution >= 0.6 is 23.2 Å². The van der Waals surface area contributed by atoms with Gasteiger partial charge in [-0.3, -0.25) is 0 Å². The second-order valence-corrected chi connectivity index (χ2v) is 7.30. The van der Waals surface area contributed by atoms with E-state index in [1.165, 1.54) is 12.1 Å². The fourth-order valence-electron chi connectivity index (χ4n) is 1.80. The van der Waals surface area contributed by atoms with Crippen LogP contribution in [0, 0.1) is 5.92 Å². The lowest BCUT2D eigenvalue weighted by Crippen LogP contribution is -2.30. The Labute approximate surface area is 136 Å². The number of methoxy groups -OCH3 is 1. The van der Waals surface area contributed by atoms with Crippen molar-refractivity contribution >= 4 is 33.2 Å². The zero-order valence-corrected chi connectivity index (χ0v) is 14.6. The molecule has 0 fully saturated rings. The number of sulfonamides is 1. The molecule has 1 unspecified atom stereocenters. The summed E-state index contributed by atoms with van der Waals surface area (Å²) in [5.74, 6) is 0.0626. The Morgan fingerprint density at radius 1 is 1.33 bits per heavy atom. The van der Waals surface area contributed by atoms with E-state index in [1.54, 1.807) is 14.2 Å². The van der Waals surface area contributed by atoms with Gasteiger partial charge in [-0.05, 0) is 25.1 Å². The number of halogens is 2. The molecule has 0 aliphatic heterocycles. The predicted molar refractivity (Wildman–Crippen MR) is 85.5 cm³/mol. The van der Waals surface area contributed by atoms with Crippen molar-refractivity contribution in [2.24, 2.45) is 5.92 Å². The summed E-state index contributed by atoms with van der Waals surface area (Å²) in [6.45, 7) is 3.03. The van der Waals surface area contributed by atoms with Gasteiger partial charge in [-0.25, -0.2) is 13.1 Å². The van der Waals surface area contributed by atoms with Crippen LogP contribution in [0.1, 0.15) is 12.5 Å². The monoisotopic (exact) mass is 354 g/mol. The number of rotatable bonds is 8. The van der Waals surface area contributed by atoms with Crippen molar-refractivity contribution in [1.29, 1.82) is 0 Å². The lowest BCUT2D eigenvalue weighted by Gasteiger charge is -2.15. The van der Waals surface area contributed by atoms with Gasteiger partial charge in [0, 0.05) is 37.4 Å². The van der Waals surface area contributed by atoms with Gasteiger partial charge in [-0.1, -0.05) is 30.1 Å². The third kappa shape index (κ3) is 5.09. The molecule has 21 heavy (non-hydrogen) atoms. The van der Waals surface area contributed by atoms with E-state index >= 15 is 0 Å². The number of benzene rings is 1. The maximum Gasteiger partial charge on any atom is 0.242 e. The third-order valence-corrected chi connectivity index (χ3v) is 5.23. The maximum absolute atomic E-state index is 12.3. The number of ether oxygens (including phenoxy) is 1. The van der Waals surface area contributed by atoms with E-state index in [0.717, 1.165) is 0 Å². The molecule has 1 rings (SSSR count). The minimum atomic E-state index is -3.69. The Morgan fingerprint density at radius 3 is 2.57 bits per heavy atom. The summed E-state index contributed by atoms with van der Waals surface area (Å²) in [6.07, 6.45) is 0. The third-order valence-electron chi connectivity index (χ3n) is 2.87. The van der Waals surface area contributed by atoms with E-state index in [4.69, 9.17) is 27.9 Å². The summed E-state index contributed by atoms with van der Waals surface area (Å²) in [5, 5.41) is 3.48. The predicted octanol–water partition coefficient (Wildman–Crippen LogP) is 2.27. The highest BCUT2D eigenvalue weighted by atomic mass is 35.5. The molecule has 8 heteroatoms. The molecule has 0 saturated carbocycles. The first-order chi connectivity index (χ1) is 9.83. The SMILES string of the molecule is CNCc1c(Cl)ccc(S(=O)(=O)NCC(C)COC)c1Cl. The first-order valence-corrected chi connectivity index (χ1v) is 8.67. The molecule has 0 aliphatic carbocycles. The quantitative estimate of drug-likeness (QED) is 0.751. The molecule has 1 atom stereocenters. The maximum atomic E-state index is 12.3. The highest BCUT2D eigenvalue weighted by molar-refractivity contribution is 7.89.